The zero-order chi connectivity index (χ0) is 14.5. The summed E-state index contributed by atoms with van der Waals surface area (Å²) in [5, 5.41) is 6.63. The van der Waals surface area contributed by atoms with Crippen LogP contribution in [0.2, 0.25) is 0 Å². The van der Waals surface area contributed by atoms with Crippen LogP contribution in [-0.2, 0) is 0 Å². The van der Waals surface area contributed by atoms with Crippen LogP contribution in [-0.4, -0.2) is 16.5 Å². The molecule has 2 aromatic rings. The number of nitrogens with zero attached hydrogens (tertiary/aromatic N) is 2. The van der Waals surface area contributed by atoms with Gasteiger partial charge in [-0.25, -0.2) is 9.97 Å². The molecule has 4 heteroatoms. The summed E-state index contributed by atoms with van der Waals surface area (Å²) in [4.78, 5) is 9.11. The van der Waals surface area contributed by atoms with Gasteiger partial charge in [-0.2, -0.15) is 0 Å². The van der Waals surface area contributed by atoms with Gasteiger partial charge in [0.2, 0.25) is 0 Å². The molecule has 0 fully saturated rings. The second-order valence-corrected chi connectivity index (χ2v) is 5.12. The Hall–Kier alpha value is -2.10. The van der Waals surface area contributed by atoms with Crippen LogP contribution in [0.15, 0.2) is 30.3 Å². The summed E-state index contributed by atoms with van der Waals surface area (Å²) in [6, 6.07) is 10.1. The van der Waals surface area contributed by atoms with E-state index >= 15 is 0 Å². The summed E-state index contributed by atoms with van der Waals surface area (Å²) in [7, 11) is 0. The summed E-state index contributed by atoms with van der Waals surface area (Å²) >= 11 is 0. The number of aromatic nitrogens is 2. The smallest absolute Gasteiger partial charge is 0.136 e. The van der Waals surface area contributed by atoms with Gasteiger partial charge in [-0.3, -0.25) is 0 Å². The standard InChI is InChI=1S/C16H22N4/c1-5-17-14-10-15(20-16(19-14)11(2)3)18-13-9-7-6-8-12(13)4/h6-11H,5H2,1-4H3,(H2,17,18,19,20). The number of aryl methyl sites for hydroxylation is 1. The van der Waals surface area contributed by atoms with E-state index in [0.29, 0.717) is 5.92 Å². The minimum absolute atomic E-state index is 0.297. The molecule has 20 heavy (non-hydrogen) atoms. The molecule has 0 radical (unpaired) electrons. The monoisotopic (exact) mass is 270 g/mol. The van der Waals surface area contributed by atoms with E-state index in [1.807, 2.05) is 18.2 Å². The highest BCUT2D eigenvalue weighted by Crippen LogP contribution is 2.22. The van der Waals surface area contributed by atoms with Crippen LogP contribution in [0, 0.1) is 6.92 Å². The fourth-order valence-electron chi connectivity index (χ4n) is 1.91. The molecule has 0 saturated heterocycles. The summed E-state index contributed by atoms with van der Waals surface area (Å²) in [5.74, 6) is 2.83. The first-order valence-corrected chi connectivity index (χ1v) is 7.05. The van der Waals surface area contributed by atoms with Gasteiger partial charge in [0, 0.05) is 24.2 Å². The third kappa shape index (κ3) is 3.47. The maximum Gasteiger partial charge on any atom is 0.136 e. The van der Waals surface area contributed by atoms with Crippen molar-refractivity contribution in [2.24, 2.45) is 0 Å². The molecule has 0 unspecified atom stereocenters. The molecule has 1 aromatic heterocycles. The van der Waals surface area contributed by atoms with Gasteiger partial charge in [0.15, 0.2) is 0 Å². The minimum atomic E-state index is 0.297. The van der Waals surface area contributed by atoms with Crippen LogP contribution in [0.4, 0.5) is 17.3 Å². The first-order valence-electron chi connectivity index (χ1n) is 7.05. The normalized spacial score (nSPS) is 10.7. The Morgan fingerprint density at radius 1 is 1.10 bits per heavy atom. The Morgan fingerprint density at radius 3 is 2.45 bits per heavy atom. The van der Waals surface area contributed by atoms with Crippen molar-refractivity contribution in [1.82, 2.24) is 9.97 Å². The van der Waals surface area contributed by atoms with Gasteiger partial charge in [0.1, 0.15) is 17.5 Å². The van der Waals surface area contributed by atoms with Crippen molar-refractivity contribution in [3.63, 3.8) is 0 Å². The van der Waals surface area contributed by atoms with E-state index < -0.39 is 0 Å². The van der Waals surface area contributed by atoms with Crippen LogP contribution in [0.3, 0.4) is 0 Å². The maximum absolute atomic E-state index is 4.59. The molecule has 0 aliphatic rings. The van der Waals surface area contributed by atoms with Crippen LogP contribution in [0.5, 0.6) is 0 Å². The predicted molar refractivity (Wildman–Crippen MR) is 84.7 cm³/mol. The van der Waals surface area contributed by atoms with E-state index in [-0.39, 0.29) is 0 Å². The molecule has 0 spiro atoms. The number of anilines is 3. The Morgan fingerprint density at radius 2 is 1.80 bits per heavy atom. The lowest BCUT2D eigenvalue weighted by atomic mass is 10.2. The first kappa shape index (κ1) is 14.3. The van der Waals surface area contributed by atoms with E-state index in [2.05, 4.69) is 60.4 Å². The molecule has 2 rings (SSSR count). The first-order chi connectivity index (χ1) is 9.60. The average Bonchev–Trinajstić information content (AvgIpc) is 2.41. The molecule has 0 aliphatic carbocycles. The lowest BCUT2D eigenvalue weighted by molar-refractivity contribution is 0.777. The molecular weight excluding hydrogens is 248 g/mol. The quantitative estimate of drug-likeness (QED) is 0.859. The van der Waals surface area contributed by atoms with Gasteiger partial charge in [-0.05, 0) is 25.5 Å². The van der Waals surface area contributed by atoms with Gasteiger partial charge in [-0.15, -0.1) is 0 Å². The van der Waals surface area contributed by atoms with Crippen molar-refractivity contribution in [3.8, 4) is 0 Å². The highest BCUT2D eigenvalue weighted by molar-refractivity contribution is 5.62. The average molecular weight is 270 g/mol. The summed E-state index contributed by atoms with van der Waals surface area (Å²) < 4.78 is 0. The molecule has 1 aromatic carbocycles. The number of para-hydroxylation sites is 1. The van der Waals surface area contributed by atoms with Crippen molar-refractivity contribution in [3.05, 3.63) is 41.7 Å². The van der Waals surface area contributed by atoms with E-state index in [9.17, 15) is 0 Å². The van der Waals surface area contributed by atoms with Crippen LogP contribution < -0.4 is 10.6 Å². The van der Waals surface area contributed by atoms with E-state index in [1.165, 1.54) is 5.56 Å². The molecular formula is C16H22N4. The van der Waals surface area contributed by atoms with Gasteiger partial charge in [-0.1, -0.05) is 32.0 Å². The largest absolute Gasteiger partial charge is 0.370 e. The van der Waals surface area contributed by atoms with Crippen LogP contribution in [0.25, 0.3) is 0 Å². The fourth-order valence-corrected chi connectivity index (χ4v) is 1.91. The molecule has 0 saturated carbocycles. The minimum Gasteiger partial charge on any atom is -0.370 e. The predicted octanol–water partition coefficient (Wildman–Crippen LogP) is 4.08. The lowest BCUT2D eigenvalue weighted by Gasteiger charge is -2.13. The van der Waals surface area contributed by atoms with E-state index in [1.54, 1.807) is 0 Å². The molecule has 0 aliphatic heterocycles. The highest BCUT2D eigenvalue weighted by atomic mass is 15.1. The number of hydrogen-bond acceptors (Lipinski definition) is 4. The zero-order valence-electron chi connectivity index (χ0n) is 12.6. The highest BCUT2D eigenvalue weighted by Gasteiger charge is 2.08. The third-order valence-electron chi connectivity index (χ3n) is 3.03. The summed E-state index contributed by atoms with van der Waals surface area (Å²) in [6.07, 6.45) is 0. The Bertz CT molecular complexity index is 578. The van der Waals surface area contributed by atoms with Crippen LogP contribution in [0.1, 0.15) is 38.1 Å². The lowest BCUT2D eigenvalue weighted by Crippen LogP contribution is -2.07. The Balaban J connectivity index is 2.33. The molecule has 0 amide bonds. The molecule has 1 heterocycles. The van der Waals surface area contributed by atoms with Crippen molar-refractivity contribution < 1.29 is 0 Å². The van der Waals surface area contributed by atoms with Crippen molar-refractivity contribution >= 4 is 17.3 Å². The van der Waals surface area contributed by atoms with Crippen molar-refractivity contribution in [2.45, 2.75) is 33.6 Å². The molecule has 0 atom stereocenters. The zero-order valence-corrected chi connectivity index (χ0v) is 12.6. The second kappa shape index (κ2) is 6.37. The summed E-state index contributed by atoms with van der Waals surface area (Å²) in [6.45, 7) is 9.19. The van der Waals surface area contributed by atoms with Gasteiger partial charge >= 0.3 is 0 Å². The van der Waals surface area contributed by atoms with Gasteiger partial charge < -0.3 is 10.6 Å². The van der Waals surface area contributed by atoms with Crippen LogP contribution >= 0.6 is 0 Å². The van der Waals surface area contributed by atoms with Gasteiger partial charge in [0.05, 0.1) is 0 Å². The van der Waals surface area contributed by atoms with E-state index in [0.717, 1.165) is 29.7 Å². The topological polar surface area (TPSA) is 49.8 Å². The molecule has 4 nitrogen and oxygen atoms in total. The second-order valence-electron chi connectivity index (χ2n) is 5.12. The third-order valence-corrected chi connectivity index (χ3v) is 3.03. The Labute approximate surface area is 120 Å². The SMILES string of the molecule is CCNc1cc(Nc2ccccc2C)nc(C(C)C)n1. The number of rotatable bonds is 5. The molecule has 106 valence electrons. The van der Waals surface area contributed by atoms with E-state index in [4.69, 9.17) is 0 Å². The van der Waals surface area contributed by atoms with Gasteiger partial charge in [0.25, 0.3) is 0 Å². The Kier molecular flexibility index (Phi) is 4.56. The molecule has 0 bridgehead atoms. The summed E-state index contributed by atoms with van der Waals surface area (Å²) in [5.41, 5.74) is 2.27. The maximum atomic E-state index is 4.59. The number of nitrogens with one attached hydrogen (secondary N) is 2. The number of hydrogen-bond donors (Lipinski definition) is 2. The fraction of sp³-hybridized carbons (Fsp3) is 0.375. The number of benzene rings is 1. The molecule has 2 N–H and O–H groups in total. The van der Waals surface area contributed by atoms with Crippen molar-refractivity contribution in [1.29, 1.82) is 0 Å². The van der Waals surface area contributed by atoms with Crippen molar-refractivity contribution in [2.75, 3.05) is 17.2 Å².